The van der Waals surface area contributed by atoms with Gasteiger partial charge in [-0.15, -0.1) is 0 Å². The van der Waals surface area contributed by atoms with Crippen LogP contribution in [0, 0.1) is 29.1 Å². The van der Waals surface area contributed by atoms with Crippen molar-refractivity contribution < 1.29 is 35.9 Å². The van der Waals surface area contributed by atoms with E-state index in [0.29, 0.717) is 6.42 Å². The van der Waals surface area contributed by atoms with E-state index in [2.05, 4.69) is 10.1 Å². The minimum atomic E-state index is -2.32. The Morgan fingerprint density at radius 1 is 0.960 bits per heavy atom. The maximum atomic E-state index is 13.4. The highest BCUT2D eigenvalue weighted by atomic mass is 28.4. The average Bonchev–Trinajstić information content (AvgIpc) is 2.62. The molecule has 0 aliphatic carbocycles. The van der Waals surface area contributed by atoms with Crippen LogP contribution < -0.4 is 10.1 Å². The van der Waals surface area contributed by atoms with Gasteiger partial charge < -0.3 is 14.5 Å². The van der Waals surface area contributed by atoms with E-state index >= 15 is 0 Å². The predicted molar refractivity (Wildman–Crippen MR) is 83.4 cm³/mol. The molecule has 0 spiro atoms. The van der Waals surface area contributed by atoms with Crippen molar-refractivity contribution in [3.8, 4) is 5.75 Å². The highest BCUT2D eigenvalue weighted by molar-refractivity contribution is 6.73. The quantitative estimate of drug-likeness (QED) is 0.236. The summed E-state index contributed by atoms with van der Waals surface area (Å²) < 4.78 is 75.6. The Hall–Kier alpha value is -1.68. The van der Waals surface area contributed by atoms with Gasteiger partial charge in [0.25, 0.3) is 0 Å². The van der Waals surface area contributed by atoms with Crippen molar-refractivity contribution in [2.75, 3.05) is 13.7 Å². The van der Waals surface area contributed by atoms with E-state index in [0.717, 1.165) is 18.1 Å². The molecular weight excluding hydrogens is 365 g/mol. The molecule has 1 aromatic rings. The Morgan fingerprint density at radius 2 is 1.44 bits per heavy atom. The van der Waals surface area contributed by atoms with Gasteiger partial charge in [0.1, 0.15) is 0 Å². The Labute approximate surface area is 143 Å². The molecular formula is C15H20F5NO3Si. The van der Waals surface area contributed by atoms with Crippen molar-refractivity contribution in [2.45, 2.75) is 38.4 Å². The molecule has 0 radical (unpaired) electrons. The second-order valence-corrected chi connectivity index (χ2v) is 10.1. The second-order valence-electron chi connectivity index (χ2n) is 5.41. The lowest BCUT2D eigenvalue weighted by atomic mass is 10.2. The normalized spacial score (nSPS) is 11.5. The van der Waals surface area contributed by atoms with Gasteiger partial charge in [-0.25, -0.2) is 18.0 Å². The van der Waals surface area contributed by atoms with Crippen LogP contribution in [-0.4, -0.2) is 28.1 Å². The van der Waals surface area contributed by atoms with Crippen LogP contribution in [0.3, 0.4) is 0 Å². The van der Waals surface area contributed by atoms with E-state index in [1.807, 2.05) is 13.8 Å². The van der Waals surface area contributed by atoms with E-state index in [1.54, 1.807) is 7.11 Å². The van der Waals surface area contributed by atoms with Crippen LogP contribution in [0.15, 0.2) is 0 Å². The SMILES string of the molecule is CC[Si](CC)(CCCNC(=O)Oc1c(F)c(F)c(F)c(F)c1F)OC. The Morgan fingerprint density at radius 3 is 1.88 bits per heavy atom. The molecule has 0 unspecified atom stereocenters. The first-order valence-corrected chi connectivity index (χ1v) is 10.3. The number of benzene rings is 1. The molecule has 0 aromatic heterocycles. The Kier molecular flexibility index (Phi) is 7.81. The molecule has 25 heavy (non-hydrogen) atoms. The third-order valence-electron chi connectivity index (χ3n) is 4.16. The number of hydrogen-bond donors (Lipinski definition) is 1. The Bertz CT molecular complexity index is 588. The van der Waals surface area contributed by atoms with Crippen molar-refractivity contribution in [3.05, 3.63) is 29.1 Å². The van der Waals surface area contributed by atoms with Gasteiger partial charge in [0.05, 0.1) is 0 Å². The summed E-state index contributed by atoms with van der Waals surface area (Å²) in [6.07, 6.45) is -0.769. The number of rotatable bonds is 8. The molecule has 1 amide bonds. The van der Waals surface area contributed by atoms with Crippen LogP contribution in [0.1, 0.15) is 20.3 Å². The molecule has 10 heteroatoms. The van der Waals surface area contributed by atoms with Crippen LogP contribution in [0.25, 0.3) is 0 Å². The monoisotopic (exact) mass is 385 g/mol. The fourth-order valence-corrected chi connectivity index (χ4v) is 5.21. The van der Waals surface area contributed by atoms with E-state index < -0.39 is 49.2 Å². The van der Waals surface area contributed by atoms with Crippen molar-refractivity contribution in [2.24, 2.45) is 0 Å². The zero-order valence-corrected chi connectivity index (χ0v) is 15.2. The van der Waals surface area contributed by atoms with Gasteiger partial charge >= 0.3 is 6.09 Å². The lowest BCUT2D eigenvalue weighted by molar-refractivity contribution is 0.193. The standard InChI is InChI=1S/C15H20F5NO3Si/c1-4-25(5-2,23-3)8-6-7-21-15(22)24-14-12(19)10(17)9(16)11(18)13(14)20/h4-8H2,1-3H3,(H,21,22). The van der Waals surface area contributed by atoms with Gasteiger partial charge in [-0.3, -0.25) is 0 Å². The molecule has 0 fully saturated rings. The van der Waals surface area contributed by atoms with Crippen LogP contribution in [0.4, 0.5) is 26.7 Å². The minimum absolute atomic E-state index is 0.117. The van der Waals surface area contributed by atoms with Crippen molar-refractivity contribution in [3.63, 3.8) is 0 Å². The van der Waals surface area contributed by atoms with Crippen LogP contribution >= 0.6 is 0 Å². The van der Waals surface area contributed by atoms with Gasteiger partial charge in [-0.05, 0) is 24.6 Å². The summed E-state index contributed by atoms with van der Waals surface area (Å²) in [5.74, 6) is -12.7. The highest BCUT2D eigenvalue weighted by Crippen LogP contribution is 2.29. The van der Waals surface area contributed by atoms with Crippen LogP contribution in [0.2, 0.25) is 18.1 Å². The van der Waals surface area contributed by atoms with Crippen LogP contribution in [-0.2, 0) is 4.43 Å². The number of hydrogen-bond acceptors (Lipinski definition) is 3. The van der Waals surface area contributed by atoms with Gasteiger partial charge in [0.2, 0.25) is 34.8 Å². The number of amides is 1. The summed E-state index contributed by atoms with van der Waals surface area (Å²) >= 11 is 0. The molecule has 1 rings (SSSR count). The molecule has 0 atom stereocenters. The van der Waals surface area contributed by atoms with E-state index in [4.69, 9.17) is 4.43 Å². The molecule has 0 heterocycles. The lowest BCUT2D eigenvalue weighted by Crippen LogP contribution is -2.37. The second kappa shape index (κ2) is 9.14. The van der Waals surface area contributed by atoms with E-state index in [-0.39, 0.29) is 6.54 Å². The molecule has 4 nitrogen and oxygen atoms in total. The summed E-state index contributed by atoms with van der Waals surface area (Å²) in [7, 11) is -0.213. The lowest BCUT2D eigenvalue weighted by Gasteiger charge is -2.27. The van der Waals surface area contributed by atoms with Crippen molar-refractivity contribution in [1.29, 1.82) is 0 Å². The fraction of sp³-hybridized carbons (Fsp3) is 0.533. The number of nitrogens with one attached hydrogen (secondary N) is 1. The van der Waals surface area contributed by atoms with Gasteiger partial charge in [0.15, 0.2) is 8.32 Å². The maximum absolute atomic E-state index is 13.4. The zero-order valence-electron chi connectivity index (χ0n) is 14.2. The molecule has 1 N–H and O–H groups in total. The molecule has 0 aliphatic rings. The highest BCUT2D eigenvalue weighted by Gasteiger charge is 2.30. The molecule has 0 aliphatic heterocycles. The first-order valence-electron chi connectivity index (χ1n) is 7.75. The van der Waals surface area contributed by atoms with Gasteiger partial charge in [0, 0.05) is 13.7 Å². The molecule has 0 saturated carbocycles. The van der Waals surface area contributed by atoms with E-state index in [1.165, 1.54) is 0 Å². The number of carbonyl (C=O) groups excluding carboxylic acids is 1. The number of carbonyl (C=O) groups is 1. The summed E-state index contributed by atoms with van der Waals surface area (Å²) in [6, 6.07) is 2.54. The average molecular weight is 385 g/mol. The number of ether oxygens (including phenoxy) is 1. The Balaban J connectivity index is 2.65. The first-order chi connectivity index (χ1) is 11.7. The molecule has 1 aromatic carbocycles. The summed E-state index contributed by atoms with van der Waals surface area (Å²) in [5.41, 5.74) is 0. The van der Waals surface area contributed by atoms with Gasteiger partial charge in [-0.2, -0.15) is 8.78 Å². The van der Waals surface area contributed by atoms with Crippen molar-refractivity contribution >= 4 is 14.4 Å². The smallest absolute Gasteiger partial charge is 0.412 e. The topological polar surface area (TPSA) is 47.6 Å². The summed E-state index contributed by atoms with van der Waals surface area (Å²) in [5, 5.41) is 2.22. The number of halogens is 5. The third kappa shape index (κ3) is 4.91. The van der Waals surface area contributed by atoms with Gasteiger partial charge in [-0.1, -0.05) is 13.8 Å². The molecule has 0 saturated heterocycles. The van der Waals surface area contributed by atoms with Crippen LogP contribution in [0.5, 0.6) is 5.75 Å². The fourth-order valence-electron chi connectivity index (χ4n) is 2.40. The van der Waals surface area contributed by atoms with E-state index in [9.17, 15) is 26.7 Å². The molecule has 0 bridgehead atoms. The first kappa shape index (κ1) is 21.4. The summed E-state index contributed by atoms with van der Waals surface area (Å²) in [4.78, 5) is 11.5. The van der Waals surface area contributed by atoms with Crippen molar-refractivity contribution in [1.82, 2.24) is 5.32 Å². The third-order valence-corrected chi connectivity index (χ3v) is 8.87. The largest absolute Gasteiger partial charge is 0.420 e. The molecule has 142 valence electrons. The minimum Gasteiger partial charge on any atom is -0.420 e. The summed E-state index contributed by atoms with van der Waals surface area (Å²) in [6.45, 7) is 4.15. The zero-order chi connectivity index (χ0) is 19.2. The predicted octanol–water partition coefficient (Wildman–Crippen LogP) is 4.49. The maximum Gasteiger partial charge on any atom is 0.412 e.